The highest BCUT2D eigenvalue weighted by Crippen LogP contribution is 2.29. The van der Waals surface area contributed by atoms with Crippen molar-refractivity contribution in [2.75, 3.05) is 24.5 Å². The van der Waals surface area contributed by atoms with Crippen molar-refractivity contribution in [2.24, 2.45) is 17.1 Å². The molecule has 0 amide bonds. The molecule has 2 rings (SSSR count). The van der Waals surface area contributed by atoms with Crippen LogP contribution < -0.4 is 16.2 Å². The molecule has 0 saturated carbocycles. The van der Waals surface area contributed by atoms with Gasteiger partial charge in [0.2, 0.25) is 0 Å². The zero-order valence-corrected chi connectivity index (χ0v) is 12.1. The quantitative estimate of drug-likeness (QED) is 0.883. The monoisotopic (exact) mass is 264 g/mol. The summed E-state index contributed by atoms with van der Waals surface area (Å²) < 4.78 is 1.76. The van der Waals surface area contributed by atoms with Crippen LogP contribution in [-0.2, 0) is 6.54 Å². The molecular weight excluding hydrogens is 240 g/mol. The molecule has 106 valence electrons. The number of nitrogens with zero attached hydrogens (tertiary/aromatic N) is 3. The van der Waals surface area contributed by atoms with Crippen LogP contribution in [0.3, 0.4) is 0 Å². The lowest BCUT2D eigenvalue weighted by molar-refractivity contribution is 0.383. The minimum atomic E-state index is 0.0115. The summed E-state index contributed by atoms with van der Waals surface area (Å²) in [5, 5.41) is 0. The number of hydrogen-bond donors (Lipinski definition) is 1. The van der Waals surface area contributed by atoms with Crippen LogP contribution in [0.5, 0.6) is 0 Å². The Balaban J connectivity index is 2.25. The molecule has 2 N–H and O–H groups in total. The summed E-state index contributed by atoms with van der Waals surface area (Å²) in [4.78, 5) is 18.8. The van der Waals surface area contributed by atoms with Crippen LogP contribution in [0, 0.1) is 11.3 Å². The van der Waals surface area contributed by atoms with Crippen LogP contribution in [0.15, 0.2) is 17.2 Å². The Kier molecular flexibility index (Phi) is 3.94. The second-order valence-corrected chi connectivity index (χ2v) is 6.29. The molecule has 0 radical (unpaired) electrons. The smallest absolute Gasteiger partial charge is 0.293 e. The summed E-state index contributed by atoms with van der Waals surface area (Å²) in [5.41, 5.74) is 5.93. The summed E-state index contributed by atoms with van der Waals surface area (Å²) in [7, 11) is 0. The highest BCUT2D eigenvalue weighted by molar-refractivity contribution is 5.38. The fraction of sp³-hybridized carbons (Fsp3) is 0.714. The zero-order valence-electron chi connectivity index (χ0n) is 12.1. The largest absolute Gasteiger partial charge is 0.351 e. The highest BCUT2D eigenvalue weighted by atomic mass is 16.1. The van der Waals surface area contributed by atoms with Crippen molar-refractivity contribution in [1.82, 2.24) is 9.55 Å². The van der Waals surface area contributed by atoms with Gasteiger partial charge in [0.05, 0.1) is 0 Å². The van der Waals surface area contributed by atoms with Gasteiger partial charge in [0, 0.05) is 32.0 Å². The SMILES string of the molecule is CC(C)Cn1ccnc(N2CCC(C)(CN)C2)c1=O. The number of hydrogen-bond acceptors (Lipinski definition) is 4. The van der Waals surface area contributed by atoms with E-state index in [1.54, 1.807) is 17.0 Å². The molecule has 1 aromatic rings. The number of rotatable bonds is 4. The van der Waals surface area contributed by atoms with Gasteiger partial charge >= 0.3 is 0 Å². The van der Waals surface area contributed by atoms with E-state index in [1.807, 2.05) is 0 Å². The van der Waals surface area contributed by atoms with Gasteiger partial charge in [-0.3, -0.25) is 4.79 Å². The van der Waals surface area contributed by atoms with E-state index in [9.17, 15) is 4.79 Å². The van der Waals surface area contributed by atoms with Crippen LogP contribution in [0.25, 0.3) is 0 Å². The van der Waals surface area contributed by atoms with Crippen molar-refractivity contribution in [3.63, 3.8) is 0 Å². The molecule has 1 fully saturated rings. The van der Waals surface area contributed by atoms with Crippen molar-refractivity contribution in [3.8, 4) is 0 Å². The molecule has 1 saturated heterocycles. The maximum absolute atomic E-state index is 12.4. The predicted molar refractivity (Wildman–Crippen MR) is 77.3 cm³/mol. The van der Waals surface area contributed by atoms with Gasteiger partial charge in [0.25, 0.3) is 5.56 Å². The number of nitrogens with two attached hydrogens (primary N) is 1. The van der Waals surface area contributed by atoms with Crippen molar-refractivity contribution in [1.29, 1.82) is 0 Å². The van der Waals surface area contributed by atoms with Crippen LogP contribution in [0.1, 0.15) is 27.2 Å². The van der Waals surface area contributed by atoms with Crippen molar-refractivity contribution in [2.45, 2.75) is 33.7 Å². The molecule has 2 heterocycles. The average Bonchev–Trinajstić information content (AvgIpc) is 2.75. The molecule has 0 aromatic carbocycles. The maximum Gasteiger partial charge on any atom is 0.293 e. The standard InChI is InChI=1S/C14H24N4O/c1-11(2)8-17-7-5-16-12(13(17)19)18-6-4-14(3,9-15)10-18/h5,7,11H,4,6,8-10,15H2,1-3H3. The molecular formula is C14H24N4O. The first-order valence-corrected chi connectivity index (χ1v) is 6.96. The Hall–Kier alpha value is -1.36. The van der Waals surface area contributed by atoms with Gasteiger partial charge in [-0.2, -0.15) is 0 Å². The summed E-state index contributed by atoms with van der Waals surface area (Å²) in [6.45, 7) is 9.44. The van der Waals surface area contributed by atoms with Crippen molar-refractivity contribution < 1.29 is 0 Å². The number of aromatic nitrogens is 2. The van der Waals surface area contributed by atoms with Gasteiger partial charge in [-0.25, -0.2) is 4.98 Å². The Labute approximate surface area is 114 Å². The normalized spacial score (nSPS) is 23.3. The van der Waals surface area contributed by atoms with Gasteiger partial charge in [0.1, 0.15) is 0 Å². The Morgan fingerprint density at radius 1 is 1.53 bits per heavy atom. The van der Waals surface area contributed by atoms with Crippen molar-refractivity contribution >= 4 is 5.82 Å². The molecule has 1 aliphatic heterocycles. The fourth-order valence-electron chi connectivity index (χ4n) is 2.56. The van der Waals surface area contributed by atoms with Crippen LogP contribution in [0.4, 0.5) is 5.82 Å². The van der Waals surface area contributed by atoms with E-state index in [4.69, 9.17) is 5.73 Å². The van der Waals surface area contributed by atoms with Gasteiger partial charge < -0.3 is 15.2 Å². The van der Waals surface area contributed by atoms with Gasteiger partial charge in [-0.1, -0.05) is 20.8 Å². The molecule has 1 unspecified atom stereocenters. The lowest BCUT2D eigenvalue weighted by Gasteiger charge is -2.23. The van der Waals surface area contributed by atoms with E-state index >= 15 is 0 Å². The predicted octanol–water partition coefficient (Wildman–Crippen LogP) is 1.07. The number of anilines is 1. The van der Waals surface area contributed by atoms with E-state index in [-0.39, 0.29) is 11.0 Å². The van der Waals surface area contributed by atoms with Gasteiger partial charge in [-0.15, -0.1) is 0 Å². The molecule has 0 aliphatic carbocycles. The lowest BCUT2D eigenvalue weighted by Crippen LogP contribution is -2.35. The minimum absolute atomic E-state index is 0.0115. The Bertz CT molecular complexity index is 496. The molecule has 0 spiro atoms. The first kappa shape index (κ1) is 14.1. The van der Waals surface area contributed by atoms with E-state index in [1.165, 1.54) is 0 Å². The molecule has 5 nitrogen and oxygen atoms in total. The molecule has 19 heavy (non-hydrogen) atoms. The fourth-order valence-corrected chi connectivity index (χ4v) is 2.56. The summed E-state index contributed by atoms with van der Waals surface area (Å²) in [5.74, 6) is 1.01. The maximum atomic E-state index is 12.4. The highest BCUT2D eigenvalue weighted by Gasteiger charge is 2.34. The van der Waals surface area contributed by atoms with E-state index < -0.39 is 0 Å². The van der Waals surface area contributed by atoms with Crippen LogP contribution in [0.2, 0.25) is 0 Å². The van der Waals surface area contributed by atoms with E-state index in [2.05, 4.69) is 30.7 Å². The summed E-state index contributed by atoms with van der Waals surface area (Å²) in [6.07, 6.45) is 4.50. The van der Waals surface area contributed by atoms with Crippen LogP contribution >= 0.6 is 0 Å². The first-order chi connectivity index (χ1) is 8.95. The first-order valence-electron chi connectivity index (χ1n) is 6.96. The van der Waals surface area contributed by atoms with E-state index in [0.29, 0.717) is 18.3 Å². The molecule has 0 bridgehead atoms. The third kappa shape index (κ3) is 2.97. The van der Waals surface area contributed by atoms with E-state index in [0.717, 1.165) is 26.1 Å². The summed E-state index contributed by atoms with van der Waals surface area (Å²) in [6, 6.07) is 0. The minimum Gasteiger partial charge on any atom is -0.351 e. The molecule has 1 aliphatic rings. The van der Waals surface area contributed by atoms with Crippen molar-refractivity contribution in [3.05, 3.63) is 22.7 Å². The topological polar surface area (TPSA) is 64.2 Å². The van der Waals surface area contributed by atoms with Crippen LogP contribution in [-0.4, -0.2) is 29.2 Å². The zero-order chi connectivity index (χ0) is 14.0. The Morgan fingerprint density at radius 3 is 2.84 bits per heavy atom. The second kappa shape index (κ2) is 5.33. The third-order valence-electron chi connectivity index (χ3n) is 3.81. The molecule has 5 heteroatoms. The molecule has 1 atom stereocenters. The van der Waals surface area contributed by atoms with Gasteiger partial charge in [0.15, 0.2) is 5.82 Å². The molecule has 1 aromatic heterocycles. The summed E-state index contributed by atoms with van der Waals surface area (Å²) >= 11 is 0. The van der Waals surface area contributed by atoms with Gasteiger partial charge in [-0.05, 0) is 24.3 Å². The lowest BCUT2D eigenvalue weighted by atomic mass is 9.90. The Morgan fingerprint density at radius 2 is 2.26 bits per heavy atom. The second-order valence-electron chi connectivity index (χ2n) is 6.29. The third-order valence-corrected chi connectivity index (χ3v) is 3.81. The average molecular weight is 264 g/mol.